The van der Waals surface area contributed by atoms with E-state index in [9.17, 15) is 10.1 Å². The van der Waals surface area contributed by atoms with Gasteiger partial charge in [0.2, 0.25) is 5.75 Å². The number of benzene rings is 1. The second-order valence-electron chi connectivity index (χ2n) is 4.80. The monoisotopic (exact) mass is 280 g/mol. The van der Waals surface area contributed by atoms with E-state index in [4.69, 9.17) is 9.47 Å². The SMILES string of the molecule is CCCOc1cc(OC2CCNCC2)ccc1[N+](=O)[O-]. The molecule has 0 atom stereocenters. The zero-order valence-corrected chi connectivity index (χ0v) is 11.6. The number of piperidine rings is 1. The minimum Gasteiger partial charge on any atom is -0.490 e. The van der Waals surface area contributed by atoms with Gasteiger partial charge in [-0.3, -0.25) is 10.1 Å². The summed E-state index contributed by atoms with van der Waals surface area (Å²) in [6.45, 7) is 4.30. The van der Waals surface area contributed by atoms with Crippen molar-refractivity contribution in [1.82, 2.24) is 5.32 Å². The van der Waals surface area contributed by atoms with E-state index in [2.05, 4.69) is 5.32 Å². The number of rotatable bonds is 6. The van der Waals surface area contributed by atoms with Crippen molar-refractivity contribution >= 4 is 5.69 Å². The molecule has 1 saturated heterocycles. The van der Waals surface area contributed by atoms with Gasteiger partial charge in [0.25, 0.3) is 0 Å². The van der Waals surface area contributed by atoms with Crippen LogP contribution in [0, 0.1) is 10.1 Å². The maximum atomic E-state index is 11.0. The van der Waals surface area contributed by atoms with Crippen LogP contribution in [0.1, 0.15) is 26.2 Å². The molecule has 1 aliphatic heterocycles. The van der Waals surface area contributed by atoms with Gasteiger partial charge in [-0.2, -0.15) is 0 Å². The molecule has 0 saturated carbocycles. The van der Waals surface area contributed by atoms with Crippen molar-refractivity contribution in [3.63, 3.8) is 0 Å². The van der Waals surface area contributed by atoms with Crippen LogP contribution in [0.3, 0.4) is 0 Å². The van der Waals surface area contributed by atoms with E-state index < -0.39 is 4.92 Å². The molecule has 0 amide bonds. The molecule has 0 aromatic heterocycles. The Morgan fingerprint density at radius 1 is 1.40 bits per heavy atom. The summed E-state index contributed by atoms with van der Waals surface area (Å²) in [5.41, 5.74) is -0.0175. The molecule has 6 heteroatoms. The Morgan fingerprint density at radius 2 is 2.15 bits per heavy atom. The lowest BCUT2D eigenvalue weighted by atomic mass is 10.1. The van der Waals surface area contributed by atoms with Crippen LogP contribution in [0.25, 0.3) is 0 Å². The van der Waals surface area contributed by atoms with Gasteiger partial charge in [0.05, 0.1) is 11.5 Å². The van der Waals surface area contributed by atoms with Gasteiger partial charge in [-0.25, -0.2) is 0 Å². The molecular formula is C14H20N2O4. The van der Waals surface area contributed by atoms with Crippen LogP contribution < -0.4 is 14.8 Å². The van der Waals surface area contributed by atoms with Crippen molar-refractivity contribution in [2.75, 3.05) is 19.7 Å². The highest BCUT2D eigenvalue weighted by Crippen LogP contribution is 2.32. The molecule has 0 spiro atoms. The van der Waals surface area contributed by atoms with Crippen molar-refractivity contribution in [2.24, 2.45) is 0 Å². The number of nitro groups is 1. The Labute approximate surface area is 118 Å². The first-order valence-electron chi connectivity index (χ1n) is 6.99. The van der Waals surface area contributed by atoms with E-state index in [-0.39, 0.29) is 17.5 Å². The van der Waals surface area contributed by atoms with E-state index in [1.807, 2.05) is 6.92 Å². The first-order valence-corrected chi connectivity index (χ1v) is 6.99. The van der Waals surface area contributed by atoms with Gasteiger partial charge < -0.3 is 14.8 Å². The summed E-state index contributed by atoms with van der Waals surface area (Å²) in [7, 11) is 0. The minimum atomic E-state index is -0.431. The third-order valence-corrected chi connectivity index (χ3v) is 3.18. The highest BCUT2D eigenvalue weighted by Gasteiger charge is 2.19. The molecule has 0 aliphatic carbocycles. The van der Waals surface area contributed by atoms with E-state index in [1.165, 1.54) is 6.07 Å². The molecule has 1 aromatic rings. The Balaban J connectivity index is 2.10. The zero-order chi connectivity index (χ0) is 14.4. The van der Waals surface area contributed by atoms with Crippen LogP contribution >= 0.6 is 0 Å². The van der Waals surface area contributed by atoms with E-state index >= 15 is 0 Å². The summed E-state index contributed by atoms with van der Waals surface area (Å²) in [5, 5.41) is 14.2. The average Bonchev–Trinajstić information content (AvgIpc) is 2.46. The van der Waals surface area contributed by atoms with Gasteiger partial charge in [-0.05, 0) is 38.4 Å². The topological polar surface area (TPSA) is 73.6 Å². The third kappa shape index (κ3) is 3.84. The lowest BCUT2D eigenvalue weighted by Gasteiger charge is -2.24. The maximum Gasteiger partial charge on any atom is 0.311 e. The van der Waals surface area contributed by atoms with Gasteiger partial charge in [-0.15, -0.1) is 0 Å². The smallest absolute Gasteiger partial charge is 0.311 e. The normalized spacial score (nSPS) is 15.8. The number of hydrogen-bond acceptors (Lipinski definition) is 5. The summed E-state index contributed by atoms with van der Waals surface area (Å²) in [6, 6.07) is 4.70. The maximum absolute atomic E-state index is 11.0. The van der Waals surface area contributed by atoms with Gasteiger partial charge in [0.15, 0.2) is 0 Å². The summed E-state index contributed by atoms with van der Waals surface area (Å²) < 4.78 is 11.3. The van der Waals surface area contributed by atoms with Crippen LogP contribution in [0.2, 0.25) is 0 Å². The largest absolute Gasteiger partial charge is 0.490 e. The molecule has 110 valence electrons. The molecule has 1 aromatic carbocycles. The van der Waals surface area contributed by atoms with Gasteiger partial charge >= 0.3 is 5.69 Å². The Kier molecular flexibility index (Phi) is 5.17. The second kappa shape index (κ2) is 7.09. The summed E-state index contributed by atoms with van der Waals surface area (Å²) in [4.78, 5) is 10.5. The fourth-order valence-electron chi connectivity index (χ4n) is 2.15. The molecule has 0 radical (unpaired) electrons. The van der Waals surface area contributed by atoms with E-state index in [1.54, 1.807) is 12.1 Å². The fourth-order valence-corrected chi connectivity index (χ4v) is 2.15. The van der Waals surface area contributed by atoms with Crippen LogP contribution in [-0.4, -0.2) is 30.7 Å². The Hall–Kier alpha value is -1.82. The highest BCUT2D eigenvalue weighted by molar-refractivity contribution is 5.50. The lowest BCUT2D eigenvalue weighted by molar-refractivity contribution is -0.385. The average molecular weight is 280 g/mol. The summed E-state index contributed by atoms with van der Waals surface area (Å²) >= 11 is 0. The molecule has 1 N–H and O–H groups in total. The molecule has 0 bridgehead atoms. The van der Waals surface area contributed by atoms with Crippen molar-refractivity contribution < 1.29 is 14.4 Å². The molecule has 6 nitrogen and oxygen atoms in total. The predicted molar refractivity (Wildman–Crippen MR) is 75.4 cm³/mol. The van der Waals surface area contributed by atoms with Crippen LogP contribution in [0.15, 0.2) is 18.2 Å². The number of nitrogens with zero attached hydrogens (tertiary/aromatic N) is 1. The lowest BCUT2D eigenvalue weighted by Crippen LogP contribution is -2.34. The Bertz CT molecular complexity index is 458. The predicted octanol–water partition coefficient (Wildman–Crippen LogP) is 2.51. The van der Waals surface area contributed by atoms with Crippen molar-refractivity contribution in [3.05, 3.63) is 28.3 Å². The molecule has 1 heterocycles. The molecule has 1 fully saturated rings. The molecule has 0 unspecified atom stereocenters. The number of ether oxygens (including phenoxy) is 2. The summed E-state index contributed by atoms with van der Waals surface area (Å²) in [5.74, 6) is 0.914. The minimum absolute atomic E-state index is 0.0175. The third-order valence-electron chi connectivity index (χ3n) is 3.18. The number of nitro benzene ring substituents is 1. The second-order valence-corrected chi connectivity index (χ2v) is 4.80. The van der Waals surface area contributed by atoms with E-state index in [0.29, 0.717) is 12.4 Å². The summed E-state index contributed by atoms with van der Waals surface area (Å²) in [6.07, 6.45) is 2.86. The zero-order valence-electron chi connectivity index (χ0n) is 11.6. The van der Waals surface area contributed by atoms with Gasteiger partial charge in [0, 0.05) is 12.1 Å². The van der Waals surface area contributed by atoms with E-state index in [0.717, 1.165) is 32.4 Å². The Morgan fingerprint density at radius 3 is 2.80 bits per heavy atom. The molecular weight excluding hydrogens is 260 g/mol. The van der Waals surface area contributed by atoms with Crippen molar-refractivity contribution in [2.45, 2.75) is 32.3 Å². The van der Waals surface area contributed by atoms with Gasteiger partial charge in [-0.1, -0.05) is 6.92 Å². The number of nitrogens with one attached hydrogen (secondary N) is 1. The van der Waals surface area contributed by atoms with Gasteiger partial charge in [0.1, 0.15) is 11.9 Å². The highest BCUT2D eigenvalue weighted by atomic mass is 16.6. The number of hydrogen-bond donors (Lipinski definition) is 1. The molecule has 20 heavy (non-hydrogen) atoms. The first kappa shape index (κ1) is 14.6. The molecule has 1 aliphatic rings. The fraction of sp³-hybridized carbons (Fsp3) is 0.571. The van der Waals surface area contributed by atoms with Crippen LogP contribution in [-0.2, 0) is 0 Å². The molecule has 2 rings (SSSR count). The van der Waals surface area contributed by atoms with Crippen molar-refractivity contribution in [1.29, 1.82) is 0 Å². The first-order chi connectivity index (χ1) is 9.70. The quantitative estimate of drug-likeness (QED) is 0.640. The standard InChI is InChI=1S/C14H20N2O4/c1-2-9-19-14-10-12(3-4-13(14)16(17)18)20-11-5-7-15-8-6-11/h3-4,10-11,15H,2,5-9H2,1H3. The van der Waals surface area contributed by atoms with Crippen molar-refractivity contribution in [3.8, 4) is 11.5 Å². The van der Waals surface area contributed by atoms with Crippen LogP contribution in [0.5, 0.6) is 11.5 Å². The van der Waals surface area contributed by atoms with Crippen LogP contribution in [0.4, 0.5) is 5.69 Å².